The van der Waals surface area contributed by atoms with Gasteiger partial charge in [0, 0.05) is 0 Å². The molecule has 1 amide bonds. The number of hydrogen-bond donors (Lipinski definition) is 1. The van der Waals surface area contributed by atoms with E-state index >= 15 is 0 Å². The molecule has 3 saturated heterocycles. The smallest absolute Gasteiger partial charge is 0.410 e. The van der Waals surface area contributed by atoms with E-state index in [0.29, 0.717) is 6.61 Å². The normalized spacial score (nSPS) is 25.1. The Balaban J connectivity index is 0.959. The van der Waals surface area contributed by atoms with E-state index in [-0.39, 0.29) is 66.0 Å². The Morgan fingerprint density at radius 1 is 0.393 bits per heavy atom. The lowest BCUT2D eigenvalue weighted by Gasteiger charge is -2.50. The van der Waals surface area contributed by atoms with Gasteiger partial charge in [0.15, 0.2) is 12.6 Å². The zero-order chi connectivity index (χ0) is 60.8. The van der Waals surface area contributed by atoms with E-state index in [1.165, 1.54) is 4.90 Å². The van der Waals surface area contributed by atoms with Crippen molar-refractivity contribution in [3.63, 3.8) is 0 Å². The minimum Gasteiger partial charge on any atom is -0.445 e. The largest absolute Gasteiger partial charge is 0.445 e. The molecule has 0 radical (unpaired) electrons. The Labute approximate surface area is 521 Å². The van der Waals surface area contributed by atoms with Crippen LogP contribution in [0.2, 0.25) is 0 Å². The second-order valence-electron chi connectivity index (χ2n) is 22.6. The summed E-state index contributed by atoms with van der Waals surface area (Å²) >= 11 is 0. The third kappa shape index (κ3) is 17.9. The summed E-state index contributed by atoms with van der Waals surface area (Å²) in [4.78, 5) is 15.8. The van der Waals surface area contributed by atoms with E-state index in [4.69, 9.17) is 56.8 Å². The Hall–Kier alpha value is -7.45. The van der Waals surface area contributed by atoms with Gasteiger partial charge in [0.25, 0.3) is 0 Å². The van der Waals surface area contributed by atoms with E-state index in [0.717, 1.165) is 44.5 Å². The lowest BCUT2D eigenvalue weighted by molar-refractivity contribution is -0.378. The highest BCUT2D eigenvalue weighted by Gasteiger charge is 2.56. The molecule has 0 saturated carbocycles. The predicted octanol–water partition coefficient (Wildman–Crippen LogP) is 12.0. The predicted molar refractivity (Wildman–Crippen MR) is 333 cm³/mol. The highest BCUT2D eigenvalue weighted by atomic mass is 16.8. The van der Waals surface area contributed by atoms with Gasteiger partial charge >= 0.3 is 6.09 Å². The average molecular weight is 1210 g/mol. The molecule has 464 valence electrons. The fourth-order valence-electron chi connectivity index (χ4n) is 11.4. The van der Waals surface area contributed by atoms with Gasteiger partial charge in [-0.15, -0.1) is 0 Å². The van der Waals surface area contributed by atoms with Crippen LogP contribution in [0.15, 0.2) is 243 Å². The van der Waals surface area contributed by atoms with Crippen molar-refractivity contribution in [1.29, 1.82) is 0 Å². The van der Waals surface area contributed by atoms with Crippen LogP contribution >= 0.6 is 0 Å². The first-order valence-electron chi connectivity index (χ1n) is 30.7. The second kappa shape index (κ2) is 32.9. The van der Waals surface area contributed by atoms with Gasteiger partial charge in [-0.2, -0.15) is 0 Å². The molecule has 0 aliphatic carbocycles. The molecule has 15 nitrogen and oxygen atoms in total. The highest BCUT2D eigenvalue weighted by Crippen LogP contribution is 2.38. The molecule has 0 spiro atoms. The molecule has 3 aliphatic heterocycles. The Kier molecular flexibility index (Phi) is 23.3. The van der Waals surface area contributed by atoms with Crippen molar-refractivity contribution in [2.24, 2.45) is 0 Å². The molecule has 1 N–H and O–H groups in total. The summed E-state index contributed by atoms with van der Waals surface area (Å²) in [5.74, 6) is 0. The Morgan fingerprint density at radius 3 is 1.12 bits per heavy atom. The van der Waals surface area contributed by atoms with E-state index < -0.39 is 85.8 Å². The topological polar surface area (TPSA) is 151 Å². The fraction of sp³-hybridized carbons (Fsp3) is 0.338. The Morgan fingerprint density at radius 2 is 0.719 bits per heavy atom. The molecule has 0 bridgehead atoms. The van der Waals surface area contributed by atoms with E-state index in [9.17, 15) is 9.90 Å². The number of benzene rings is 8. The molecule has 3 fully saturated rings. The molecule has 15 heteroatoms. The van der Waals surface area contributed by atoms with Gasteiger partial charge in [-0.05, 0) is 51.4 Å². The molecular formula is C74H79NO14. The summed E-state index contributed by atoms with van der Waals surface area (Å²) in [7, 11) is 0. The number of aliphatic hydroxyl groups excluding tert-OH is 1. The van der Waals surface area contributed by atoms with E-state index in [1.54, 1.807) is 0 Å². The van der Waals surface area contributed by atoms with Crippen molar-refractivity contribution in [2.75, 3.05) is 19.8 Å². The number of nitrogens with zero attached hydrogens (tertiary/aromatic N) is 1. The minimum atomic E-state index is -1.27. The fourth-order valence-corrected chi connectivity index (χ4v) is 11.4. The molecular weight excluding hydrogens is 1130 g/mol. The van der Waals surface area contributed by atoms with Crippen molar-refractivity contribution in [3.8, 4) is 0 Å². The van der Waals surface area contributed by atoms with Gasteiger partial charge in [-0.1, -0.05) is 243 Å². The second-order valence-corrected chi connectivity index (χ2v) is 22.6. The van der Waals surface area contributed by atoms with Crippen LogP contribution in [-0.2, 0) is 110 Å². The van der Waals surface area contributed by atoms with Crippen molar-refractivity contribution >= 4 is 6.09 Å². The highest BCUT2D eigenvalue weighted by molar-refractivity contribution is 5.69. The number of likely N-dealkylation sites (tertiary alicyclic amines) is 1. The van der Waals surface area contributed by atoms with Crippen LogP contribution in [-0.4, -0.2) is 116 Å². The lowest BCUT2D eigenvalue weighted by atomic mass is 9.96. The third-order valence-corrected chi connectivity index (χ3v) is 16.1. The molecule has 8 aromatic rings. The van der Waals surface area contributed by atoms with Crippen LogP contribution in [0.1, 0.15) is 51.4 Å². The zero-order valence-corrected chi connectivity index (χ0v) is 50.1. The van der Waals surface area contributed by atoms with Gasteiger partial charge in [-0.25, -0.2) is 4.79 Å². The van der Waals surface area contributed by atoms with Crippen molar-refractivity contribution < 1.29 is 66.7 Å². The van der Waals surface area contributed by atoms with Crippen LogP contribution in [0.4, 0.5) is 4.79 Å². The minimum absolute atomic E-state index is 0.0198. The van der Waals surface area contributed by atoms with E-state index in [2.05, 4.69) is 0 Å². The SMILES string of the molecule is C[C@H]1O[C@@H](O[C@H]2[C@H](OCc3ccccc3)[C@@H](OCc3ccccc3)[C@@H](OC3CN(C(=O)OCc4ccccc4)C(COCc4ccccc4)C3O)O[C@@H]2COCc2ccccc2)[C@H](OCc2ccccc2)[C@@H](OCc2ccccc2)[C@@H]1OCc1ccccc1. The molecule has 0 aromatic heterocycles. The monoisotopic (exact) mass is 1210 g/mol. The van der Waals surface area contributed by atoms with Crippen LogP contribution in [0, 0.1) is 0 Å². The molecule has 3 aliphatic rings. The third-order valence-electron chi connectivity index (χ3n) is 16.1. The summed E-state index contributed by atoms with van der Waals surface area (Å²) < 4.78 is 83.2. The zero-order valence-electron chi connectivity index (χ0n) is 50.1. The molecule has 89 heavy (non-hydrogen) atoms. The van der Waals surface area contributed by atoms with Gasteiger partial charge < -0.3 is 61.9 Å². The molecule has 3 heterocycles. The van der Waals surface area contributed by atoms with Crippen LogP contribution < -0.4 is 0 Å². The van der Waals surface area contributed by atoms with E-state index in [1.807, 2.05) is 250 Å². The quantitative estimate of drug-likeness (QED) is 0.0473. The van der Waals surface area contributed by atoms with Gasteiger partial charge in [0.2, 0.25) is 0 Å². The number of ether oxygens (including phenoxy) is 12. The number of amides is 1. The van der Waals surface area contributed by atoms with Crippen molar-refractivity contribution in [1.82, 2.24) is 4.90 Å². The molecule has 3 unspecified atom stereocenters. The van der Waals surface area contributed by atoms with Crippen LogP contribution in [0.5, 0.6) is 0 Å². The summed E-state index contributed by atoms with van der Waals surface area (Å²) in [6.45, 7) is 3.32. The van der Waals surface area contributed by atoms with Crippen molar-refractivity contribution in [2.45, 2.75) is 139 Å². The number of carbonyl (C=O) groups excluding carboxylic acids is 1. The van der Waals surface area contributed by atoms with Crippen LogP contribution in [0.3, 0.4) is 0 Å². The first-order chi connectivity index (χ1) is 43.9. The number of hydrogen-bond acceptors (Lipinski definition) is 14. The maximum Gasteiger partial charge on any atom is 0.410 e. The number of carbonyl (C=O) groups is 1. The van der Waals surface area contributed by atoms with Gasteiger partial charge in [-0.3, -0.25) is 4.90 Å². The summed E-state index contributed by atoms with van der Waals surface area (Å²) in [5, 5.41) is 12.6. The molecule has 11 rings (SSSR count). The van der Waals surface area contributed by atoms with Gasteiger partial charge in [0.05, 0.1) is 78.2 Å². The lowest BCUT2D eigenvalue weighted by Crippen LogP contribution is -2.66. The molecule has 8 aromatic carbocycles. The standard InChI is InChI=1S/C74H79NO14/c1-53-66(80-45-56-30-14-4-15-31-56)68(81-46-57-32-16-5-17-33-57)70(83-48-59-36-20-7-21-37-59)72(86-53)89-67-64(52-79-44-55-28-12-3-13-29-55)88-73(71(84-49-60-38-22-8-23-39-60)69(67)82-47-58-34-18-6-19-35-58)87-63-42-75(74(77)85-50-61-40-24-9-25-41-61)62(65(63)76)51-78-43-54-26-10-2-11-27-54/h2-41,53,62-73,76H,42-52H2,1H3/t53-,62?,63?,64-,65?,66-,67-,68+,69+,70-,71-,72+,73+/m1/s1. The van der Waals surface area contributed by atoms with Crippen LogP contribution in [0.25, 0.3) is 0 Å². The molecule has 13 atom stereocenters. The Bertz CT molecular complexity index is 3270. The van der Waals surface area contributed by atoms with Crippen molar-refractivity contribution in [3.05, 3.63) is 287 Å². The first-order valence-corrected chi connectivity index (χ1v) is 30.7. The maximum atomic E-state index is 14.3. The summed E-state index contributed by atoms with van der Waals surface area (Å²) in [5.41, 5.74) is 7.35. The summed E-state index contributed by atoms with van der Waals surface area (Å²) in [6.07, 6.45) is -12.3. The first kappa shape index (κ1) is 63.1. The number of rotatable bonds is 29. The average Bonchev–Trinajstić information content (AvgIpc) is 1.76. The number of aliphatic hydroxyl groups is 1. The summed E-state index contributed by atoms with van der Waals surface area (Å²) in [6, 6.07) is 77.8. The maximum absolute atomic E-state index is 14.3. The van der Waals surface area contributed by atoms with Gasteiger partial charge in [0.1, 0.15) is 61.5 Å².